The van der Waals surface area contributed by atoms with Crippen LogP contribution in [-0.2, 0) is 0 Å². The van der Waals surface area contributed by atoms with Crippen LogP contribution in [0.15, 0.2) is 36.4 Å². The molecule has 4 heteroatoms. The van der Waals surface area contributed by atoms with Crippen LogP contribution in [0.1, 0.15) is 5.56 Å². The first kappa shape index (κ1) is 11.4. The normalized spacial score (nSPS) is 9.94. The van der Waals surface area contributed by atoms with Crippen molar-refractivity contribution < 1.29 is 9.50 Å². The molecule has 0 bridgehead atoms. The molecule has 17 heavy (non-hydrogen) atoms. The minimum Gasteiger partial charge on any atom is -0.506 e. The molecule has 0 fully saturated rings. The van der Waals surface area contributed by atoms with Gasteiger partial charge in [0.2, 0.25) is 0 Å². The SMILES string of the molecule is N#Cc1cccc(-c2ccc(O)c(Cl)c2)c1F. The van der Waals surface area contributed by atoms with E-state index in [2.05, 4.69) is 0 Å². The maximum atomic E-state index is 13.9. The molecule has 0 radical (unpaired) electrons. The Labute approximate surface area is 103 Å². The van der Waals surface area contributed by atoms with E-state index in [0.717, 1.165) is 0 Å². The van der Waals surface area contributed by atoms with Gasteiger partial charge in [-0.15, -0.1) is 0 Å². The van der Waals surface area contributed by atoms with Gasteiger partial charge in [0.25, 0.3) is 0 Å². The van der Waals surface area contributed by atoms with Crippen molar-refractivity contribution >= 4 is 11.6 Å². The van der Waals surface area contributed by atoms with Gasteiger partial charge in [-0.05, 0) is 23.8 Å². The lowest BCUT2D eigenvalue weighted by Crippen LogP contribution is -1.89. The van der Waals surface area contributed by atoms with E-state index in [-0.39, 0.29) is 21.9 Å². The summed E-state index contributed by atoms with van der Waals surface area (Å²) in [5.74, 6) is -0.649. The highest BCUT2D eigenvalue weighted by atomic mass is 35.5. The van der Waals surface area contributed by atoms with Crippen LogP contribution in [0.5, 0.6) is 5.75 Å². The standard InChI is InChI=1S/C13H7ClFNO/c14-11-6-8(4-5-12(11)17)10-3-1-2-9(7-16)13(10)15/h1-6,17H. The molecular weight excluding hydrogens is 241 g/mol. The maximum absolute atomic E-state index is 13.9. The van der Waals surface area contributed by atoms with Gasteiger partial charge in [0.05, 0.1) is 10.6 Å². The van der Waals surface area contributed by atoms with Crippen LogP contribution in [0.3, 0.4) is 0 Å². The van der Waals surface area contributed by atoms with Crippen LogP contribution in [0.25, 0.3) is 11.1 Å². The van der Waals surface area contributed by atoms with Crippen molar-refractivity contribution in [1.82, 2.24) is 0 Å². The van der Waals surface area contributed by atoms with Gasteiger partial charge >= 0.3 is 0 Å². The largest absolute Gasteiger partial charge is 0.506 e. The number of rotatable bonds is 1. The van der Waals surface area contributed by atoms with Gasteiger partial charge in [-0.1, -0.05) is 29.8 Å². The van der Waals surface area contributed by atoms with E-state index in [1.54, 1.807) is 24.3 Å². The molecule has 2 aromatic rings. The zero-order valence-corrected chi connectivity index (χ0v) is 9.37. The van der Waals surface area contributed by atoms with E-state index in [4.69, 9.17) is 16.9 Å². The van der Waals surface area contributed by atoms with Crippen LogP contribution in [0.4, 0.5) is 4.39 Å². The monoisotopic (exact) mass is 247 g/mol. The number of benzene rings is 2. The molecule has 0 aromatic heterocycles. The lowest BCUT2D eigenvalue weighted by atomic mass is 10.0. The number of phenols is 1. The molecule has 0 amide bonds. The summed E-state index contributed by atoms with van der Waals surface area (Å²) in [6.07, 6.45) is 0. The molecule has 0 unspecified atom stereocenters. The van der Waals surface area contributed by atoms with E-state index in [9.17, 15) is 9.50 Å². The smallest absolute Gasteiger partial charge is 0.148 e. The van der Waals surface area contributed by atoms with Crippen molar-refractivity contribution in [3.8, 4) is 22.9 Å². The van der Waals surface area contributed by atoms with E-state index in [1.807, 2.05) is 0 Å². The number of hydrogen-bond acceptors (Lipinski definition) is 2. The fourth-order valence-electron chi connectivity index (χ4n) is 1.52. The molecule has 1 N–H and O–H groups in total. The van der Waals surface area contributed by atoms with Crippen LogP contribution >= 0.6 is 11.6 Å². The number of aromatic hydroxyl groups is 1. The third-order valence-corrected chi connectivity index (χ3v) is 2.68. The Balaban J connectivity index is 2.61. The third kappa shape index (κ3) is 2.08. The second-order valence-corrected chi connectivity index (χ2v) is 3.85. The molecular formula is C13H7ClFNO. The molecule has 2 nitrogen and oxygen atoms in total. The number of nitrogens with zero attached hydrogens (tertiary/aromatic N) is 1. The van der Waals surface area contributed by atoms with E-state index in [0.29, 0.717) is 5.56 Å². The predicted octanol–water partition coefficient (Wildman–Crippen LogP) is 3.72. The van der Waals surface area contributed by atoms with Crippen molar-refractivity contribution in [3.05, 3.63) is 52.8 Å². The summed E-state index contributed by atoms with van der Waals surface area (Å²) in [5, 5.41) is 18.2. The lowest BCUT2D eigenvalue weighted by Gasteiger charge is -2.05. The quantitative estimate of drug-likeness (QED) is 0.835. The highest BCUT2D eigenvalue weighted by Crippen LogP contribution is 2.31. The predicted molar refractivity (Wildman–Crippen MR) is 63.2 cm³/mol. The molecule has 0 heterocycles. The average molecular weight is 248 g/mol. The first-order chi connectivity index (χ1) is 8.13. The van der Waals surface area contributed by atoms with Crippen molar-refractivity contribution in [1.29, 1.82) is 5.26 Å². The molecule has 0 atom stereocenters. The highest BCUT2D eigenvalue weighted by molar-refractivity contribution is 6.32. The summed E-state index contributed by atoms with van der Waals surface area (Å²) in [7, 11) is 0. The molecule has 0 saturated heterocycles. The molecule has 0 aliphatic carbocycles. The van der Waals surface area contributed by atoms with Crippen molar-refractivity contribution in [2.75, 3.05) is 0 Å². The number of halogens is 2. The van der Waals surface area contributed by atoms with Crippen molar-refractivity contribution in [2.24, 2.45) is 0 Å². The highest BCUT2D eigenvalue weighted by Gasteiger charge is 2.10. The van der Waals surface area contributed by atoms with Crippen LogP contribution in [0, 0.1) is 17.1 Å². The van der Waals surface area contributed by atoms with Gasteiger partial charge in [0.15, 0.2) is 0 Å². The second kappa shape index (κ2) is 4.44. The molecule has 2 rings (SSSR count). The number of hydrogen-bond donors (Lipinski definition) is 1. The first-order valence-electron chi connectivity index (χ1n) is 4.81. The zero-order valence-electron chi connectivity index (χ0n) is 8.61. The average Bonchev–Trinajstić information content (AvgIpc) is 2.33. The second-order valence-electron chi connectivity index (χ2n) is 3.45. The van der Waals surface area contributed by atoms with Crippen LogP contribution in [0.2, 0.25) is 5.02 Å². The van der Waals surface area contributed by atoms with Gasteiger partial charge < -0.3 is 5.11 Å². The summed E-state index contributed by atoms with van der Waals surface area (Å²) >= 11 is 5.75. The molecule has 0 aliphatic heterocycles. The van der Waals surface area contributed by atoms with Gasteiger partial charge in [0.1, 0.15) is 17.6 Å². The fraction of sp³-hybridized carbons (Fsp3) is 0. The Morgan fingerprint density at radius 1 is 1.24 bits per heavy atom. The molecule has 0 aliphatic rings. The van der Waals surface area contributed by atoms with Gasteiger partial charge in [-0.3, -0.25) is 0 Å². The van der Waals surface area contributed by atoms with Crippen molar-refractivity contribution in [2.45, 2.75) is 0 Å². The van der Waals surface area contributed by atoms with Crippen molar-refractivity contribution in [3.63, 3.8) is 0 Å². The molecule has 84 valence electrons. The molecule has 2 aromatic carbocycles. The topological polar surface area (TPSA) is 44.0 Å². The Kier molecular flexibility index (Phi) is 2.99. The van der Waals surface area contributed by atoms with Crippen LogP contribution < -0.4 is 0 Å². The Morgan fingerprint density at radius 3 is 2.65 bits per heavy atom. The Bertz CT molecular complexity index is 619. The lowest BCUT2D eigenvalue weighted by molar-refractivity contribution is 0.475. The summed E-state index contributed by atoms with van der Waals surface area (Å²) < 4.78 is 13.9. The minimum atomic E-state index is -0.586. The minimum absolute atomic E-state index is 0.0216. The van der Waals surface area contributed by atoms with E-state index < -0.39 is 5.82 Å². The van der Waals surface area contributed by atoms with Gasteiger partial charge in [-0.2, -0.15) is 5.26 Å². The molecule has 0 spiro atoms. The van der Waals surface area contributed by atoms with E-state index >= 15 is 0 Å². The molecule has 0 saturated carbocycles. The Hall–Kier alpha value is -2.05. The summed E-state index contributed by atoms with van der Waals surface area (Å²) in [6, 6.07) is 10.7. The summed E-state index contributed by atoms with van der Waals surface area (Å²) in [5.41, 5.74) is 0.778. The maximum Gasteiger partial charge on any atom is 0.148 e. The summed E-state index contributed by atoms with van der Waals surface area (Å²) in [4.78, 5) is 0. The summed E-state index contributed by atoms with van der Waals surface area (Å²) in [6.45, 7) is 0. The number of nitriles is 1. The van der Waals surface area contributed by atoms with E-state index in [1.165, 1.54) is 18.2 Å². The van der Waals surface area contributed by atoms with Crippen LogP contribution in [-0.4, -0.2) is 5.11 Å². The first-order valence-corrected chi connectivity index (χ1v) is 5.19. The van der Waals surface area contributed by atoms with Gasteiger partial charge in [0, 0.05) is 5.56 Å². The number of phenolic OH excluding ortho intramolecular Hbond substituents is 1. The zero-order chi connectivity index (χ0) is 12.4. The Morgan fingerprint density at radius 2 is 2.00 bits per heavy atom. The van der Waals surface area contributed by atoms with Gasteiger partial charge in [-0.25, -0.2) is 4.39 Å². The third-order valence-electron chi connectivity index (χ3n) is 2.38. The fourth-order valence-corrected chi connectivity index (χ4v) is 1.70.